The molecule has 1 unspecified atom stereocenters. The van der Waals surface area contributed by atoms with E-state index in [1.54, 1.807) is 6.20 Å². The number of pyridine rings is 1. The first-order valence-corrected chi connectivity index (χ1v) is 6.61. The molecule has 0 aliphatic carbocycles. The Balaban J connectivity index is 1.82. The number of fused-ring (bicyclic) bond motifs is 1. The summed E-state index contributed by atoms with van der Waals surface area (Å²) < 4.78 is 5.90. The van der Waals surface area contributed by atoms with E-state index in [4.69, 9.17) is 16.3 Å². The van der Waals surface area contributed by atoms with Crippen LogP contribution in [0.5, 0.6) is 5.75 Å². The minimum atomic E-state index is 0.473. The van der Waals surface area contributed by atoms with Crippen molar-refractivity contribution in [3.8, 4) is 5.75 Å². The van der Waals surface area contributed by atoms with Crippen molar-refractivity contribution in [3.05, 3.63) is 35.5 Å². The van der Waals surface area contributed by atoms with Crippen molar-refractivity contribution in [3.63, 3.8) is 0 Å². The quantitative estimate of drug-likeness (QED) is 0.923. The summed E-state index contributed by atoms with van der Waals surface area (Å²) in [7, 11) is 0. The average molecular weight is 263 g/mol. The third kappa shape index (κ3) is 2.42. The molecule has 0 amide bonds. The van der Waals surface area contributed by atoms with E-state index in [1.165, 1.54) is 12.8 Å². The molecule has 0 radical (unpaired) electrons. The summed E-state index contributed by atoms with van der Waals surface area (Å²) in [6.07, 6.45) is 4.19. The molecular weight excluding hydrogens is 248 g/mol. The molecule has 1 N–H and O–H groups in total. The summed E-state index contributed by atoms with van der Waals surface area (Å²) in [6.45, 7) is 1.81. The van der Waals surface area contributed by atoms with E-state index < -0.39 is 0 Å². The number of halogens is 1. The van der Waals surface area contributed by atoms with E-state index in [9.17, 15) is 0 Å². The zero-order valence-electron chi connectivity index (χ0n) is 10.0. The number of hydrogen-bond acceptors (Lipinski definition) is 3. The van der Waals surface area contributed by atoms with Crippen LogP contribution in [0.2, 0.25) is 5.02 Å². The number of benzene rings is 1. The summed E-state index contributed by atoms with van der Waals surface area (Å²) >= 11 is 5.96. The Bertz CT molecular complexity index is 552. The molecule has 1 aliphatic heterocycles. The molecule has 0 bridgehead atoms. The van der Waals surface area contributed by atoms with Gasteiger partial charge in [-0.3, -0.25) is 4.98 Å². The molecule has 4 heteroatoms. The number of rotatable bonds is 3. The second kappa shape index (κ2) is 5.12. The zero-order chi connectivity index (χ0) is 12.4. The van der Waals surface area contributed by atoms with E-state index in [0.29, 0.717) is 17.7 Å². The van der Waals surface area contributed by atoms with E-state index in [2.05, 4.69) is 10.3 Å². The molecule has 3 rings (SSSR count). The molecule has 1 aliphatic rings. The Kier molecular flexibility index (Phi) is 3.35. The second-order valence-electron chi connectivity index (χ2n) is 4.57. The van der Waals surface area contributed by atoms with E-state index >= 15 is 0 Å². The van der Waals surface area contributed by atoms with Gasteiger partial charge in [-0.1, -0.05) is 11.6 Å². The first kappa shape index (κ1) is 11.8. The van der Waals surface area contributed by atoms with Crippen molar-refractivity contribution in [2.24, 2.45) is 0 Å². The van der Waals surface area contributed by atoms with Crippen LogP contribution in [0.25, 0.3) is 10.9 Å². The normalized spacial score (nSPS) is 19.3. The highest BCUT2D eigenvalue weighted by Gasteiger charge is 2.15. The van der Waals surface area contributed by atoms with Crippen LogP contribution in [-0.4, -0.2) is 24.2 Å². The van der Waals surface area contributed by atoms with Crippen LogP contribution in [-0.2, 0) is 0 Å². The predicted molar refractivity (Wildman–Crippen MR) is 73.3 cm³/mol. The average Bonchev–Trinajstić information content (AvgIpc) is 2.89. The van der Waals surface area contributed by atoms with Gasteiger partial charge < -0.3 is 10.1 Å². The molecule has 1 aromatic carbocycles. The van der Waals surface area contributed by atoms with Gasteiger partial charge in [-0.25, -0.2) is 0 Å². The third-order valence-electron chi connectivity index (χ3n) is 3.27. The maximum Gasteiger partial charge on any atom is 0.130 e. The van der Waals surface area contributed by atoms with Gasteiger partial charge in [0.1, 0.15) is 12.4 Å². The largest absolute Gasteiger partial charge is 0.491 e. The van der Waals surface area contributed by atoms with Crippen LogP contribution in [0.4, 0.5) is 0 Å². The lowest BCUT2D eigenvalue weighted by Gasteiger charge is -2.13. The van der Waals surface area contributed by atoms with Crippen LogP contribution in [0.1, 0.15) is 12.8 Å². The van der Waals surface area contributed by atoms with Crippen molar-refractivity contribution >= 4 is 22.5 Å². The monoisotopic (exact) mass is 262 g/mol. The van der Waals surface area contributed by atoms with Crippen LogP contribution < -0.4 is 10.1 Å². The smallest absolute Gasteiger partial charge is 0.130 e. The van der Waals surface area contributed by atoms with Crippen molar-refractivity contribution in [1.29, 1.82) is 0 Å². The zero-order valence-corrected chi connectivity index (χ0v) is 10.8. The molecule has 94 valence electrons. The van der Waals surface area contributed by atoms with Crippen molar-refractivity contribution < 1.29 is 4.74 Å². The Hall–Kier alpha value is -1.32. The highest BCUT2D eigenvalue weighted by Crippen LogP contribution is 2.26. The summed E-state index contributed by atoms with van der Waals surface area (Å²) in [4.78, 5) is 4.30. The maximum absolute atomic E-state index is 5.96. The van der Waals surface area contributed by atoms with Gasteiger partial charge in [0.2, 0.25) is 0 Å². The standard InChI is InChI=1S/C14H15ClN2O/c15-10-3-4-12-13(8-10)17-7-5-14(12)18-9-11-2-1-6-16-11/h3-5,7-8,11,16H,1-2,6,9H2. The maximum atomic E-state index is 5.96. The lowest BCUT2D eigenvalue weighted by atomic mass is 10.2. The Morgan fingerprint density at radius 1 is 1.39 bits per heavy atom. The van der Waals surface area contributed by atoms with Gasteiger partial charge in [0.15, 0.2) is 0 Å². The molecule has 0 spiro atoms. The fourth-order valence-electron chi connectivity index (χ4n) is 2.31. The van der Waals surface area contributed by atoms with Gasteiger partial charge >= 0.3 is 0 Å². The molecule has 1 atom stereocenters. The van der Waals surface area contributed by atoms with Crippen LogP contribution in [0.3, 0.4) is 0 Å². The topological polar surface area (TPSA) is 34.1 Å². The molecule has 2 aromatic rings. The van der Waals surface area contributed by atoms with Gasteiger partial charge in [-0.2, -0.15) is 0 Å². The van der Waals surface area contributed by atoms with Crippen molar-refractivity contribution in [2.75, 3.05) is 13.2 Å². The van der Waals surface area contributed by atoms with Gasteiger partial charge in [-0.05, 0) is 43.7 Å². The molecular formula is C14H15ClN2O. The Morgan fingerprint density at radius 3 is 3.17 bits per heavy atom. The first-order valence-electron chi connectivity index (χ1n) is 6.23. The molecule has 3 nitrogen and oxygen atoms in total. The predicted octanol–water partition coefficient (Wildman–Crippen LogP) is 3.02. The number of nitrogens with one attached hydrogen (secondary N) is 1. The molecule has 1 saturated heterocycles. The SMILES string of the molecule is Clc1ccc2c(OCC3CCCN3)ccnc2c1. The van der Waals surface area contributed by atoms with Gasteiger partial charge in [0, 0.05) is 22.6 Å². The number of hydrogen-bond donors (Lipinski definition) is 1. The summed E-state index contributed by atoms with van der Waals surface area (Å²) in [5.74, 6) is 0.880. The van der Waals surface area contributed by atoms with E-state index in [1.807, 2.05) is 24.3 Å². The van der Waals surface area contributed by atoms with Crippen LogP contribution in [0, 0.1) is 0 Å². The fraction of sp³-hybridized carbons (Fsp3) is 0.357. The van der Waals surface area contributed by atoms with Gasteiger partial charge in [0.25, 0.3) is 0 Å². The summed E-state index contributed by atoms with van der Waals surface area (Å²) in [5, 5.41) is 5.13. The second-order valence-corrected chi connectivity index (χ2v) is 5.01. The lowest BCUT2D eigenvalue weighted by molar-refractivity contribution is 0.280. The Labute approximate surface area is 111 Å². The molecule has 0 saturated carbocycles. The van der Waals surface area contributed by atoms with Crippen LogP contribution >= 0.6 is 11.6 Å². The number of nitrogens with zero attached hydrogens (tertiary/aromatic N) is 1. The minimum Gasteiger partial charge on any atom is -0.491 e. The summed E-state index contributed by atoms with van der Waals surface area (Å²) in [6, 6.07) is 8.07. The Morgan fingerprint density at radius 2 is 2.33 bits per heavy atom. The van der Waals surface area contributed by atoms with Crippen molar-refractivity contribution in [2.45, 2.75) is 18.9 Å². The third-order valence-corrected chi connectivity index (χ3v) is 3.50. The molecule has 1 aromatic heterocycles. The van der Waals surface area contributed by atoms with E-state index in [-0.39, 0.29) is 0 Å². The summed E-state index contributed by atoms with van der Waals surface area (Å²) in [5.41, 5.74) is 0.874. The molecule has 18 heavy (non-hydrogen) atoms. The molecule has 2 heterocycles. The first-order chi connectivity index (χ1) is 8.83. The van der Waals surface area contributed by atoms with Gasteiger partial charge in [0.05, 0.1) is 5.52 Å². The highest BCUT2D eigenvalue weighted by atomic mass is 35.5. The van der Waals surface area contributed by atoms with Gasteiger partial charge in [-0.15, -0.1) is 0 Å². The minimum absolute atomic E-state index is 0.473. The van der Waals surface area contributed by atoms with Crippen LogP contribution in [0.15, 0.2) is 30.5 Å². The van der Waals surface area contributed by atoms with E-state index in [0.717, 1.165) is 23.2 Å². The highest BCUT2D eigenvalue weighted by molar-refractivity contribution is 6.31. The number of ether oxygens (including phenoxy) is 1. The number of aromatic nitrogens is 1. The fourth-order valence-corrected chi connectivity index (χ4v) is 2.48. The molecule has 1 fully saturated rings. The lowest BCUT2D eigenvalue weighted by Crippen LogP contribution is -2.28. The van der Waals surface area contributed by atoms with Crippen molar-refractivity contribution in [1.82, 2.24) is 10.3 Å².